The standard InChI is InChI=1S/C15H18N2O3/c1-19-13-7-10-3-5-16-15(12(10)8-14(13)20-2)17-6-4-11(18)9-17/h3,5,7-8,11,18H,4,6,9H2,1-2H3/t11-/m1/s1. The first-order valence-electron chi connectivity index (χ1n) is 6.66. The number of pyridine rings is 1. The zero-order valence-electron chi connectivity index (χ0n) is 11.7. The second kappa shape index (κ2) is 5.17. The minimum atomic E-state index is -0.271. The van der Waals surface area contributed by atoms with Crippen LogP contribution in [0.25, 0.3) is 10.8 Å². The molecule has 1 fully saturated rings. The molecule has 106 valence electrons. The maximum absolute atomic E-state index is 9.70. The van der Waals surface area contributed by atoms with Crippen LogP contribution in [0.1, 0.15) is 6.42 Å². The van der Waals surface area contributed by atoms with Gasteiger partial charge < -0.3 is 19.5 Å². The van der Waals surface area contributed by atoms with Crippen LogP contribution in [0.5, 0.6) is 11.5 Å². The summed E-state index contributed by atoms with van der Waals surface area (Å²) in [6.45, 7) is 1.45. The minimum absolute atomic E-state index is 0.271. The van der Waals surface area contributed by atoms with E-state index in [4.69, 9.17) is 9.47 Å². The Morgan fingerprint density at radius 1 is 1.25 bits per heavy atom. The Hall–Kier alpha value is -2.01. The Kier molecular flexibility index (Phi) is 3.36. The first-order chi connectivity index (χ1) is 9.72. The molecule has 1 aromatic heterocycles. The molecule has 5 nitrogen and oxygen atoms in total. The van der Waals surface area contributed by atoms with Gasteiger partial charge in [0.05, 0.1) is 20.3 Å². The first kappa shape index (κ1) is 13.0. The second-order valence-electron chi connectivity index (χ2n) is 4.95. The normalized spacial score (nSPS) is 18.6. The summed E-state index contributed by atoms with van der Waals surface area (Å²) < 4.78 is 10.7. The van der Waals surface area contributed by atoms with Crippen LogP contribution in [0.2, 0.25) is 0 Å². The zero-order chi connectivity index (χ0) is 14.1. The van der Waals surface area contributed by atoms with E-state index in [0.29, 0.717) is 18.0 Å². The Bertz CT molecular complexity index is 630. The molecule has 0 saturated carbocycles. The van der Waals surface area contributed by atoms with E-state index in [0.717, 1.165) is 29.6 Å². The number of hydrogen-bond donors (Lipinski definition) is 1. The predicted octanol–water partition coefficient (Wildman–Crippen LogP) is 1.82. The van der Waals surface area contributed by atoms with Gasteiger partial charge in [-0.1, -0.05) is 0 Å². The average Bonchev–Trinajstić information content (AvgIpc) is 2.91. The van der Waals surface area contributed by atoms with Gasteiger partial charge in [-0.15, -0.1) is 0 Å². The minimum Gasteiger partial charge on any atom is -0.493 e. The highest BCUT2D eigenvalue weighted by molar-refractivity contribution is 5.94. The van der Waals surface area contributed by atoms with Crippen molar-refractivity contribution in [3.05, 3.63) is 24.4 Å². The summed E-state index contributed by atoms with van der Waals surface area (Å²) in [4.78, 5) is 6.58. The molecule has 20 heavy (non-hydrogen) atoms. The van der Waals surface area contributed by atoms with Crippen molar-refractivity contribution in [1.82, 2.24) is 4.98 Å². The summed E-state index contributed by atoms with van der Waals surface area (Å²) >= 11 is 0. The molecule has 2 heterocycles. The molecule has 1 aromatic carbocycles. The van der Waals surface area contributed by atoms with Crippen LogP contribution in [0.3, 0.4) is 0 Å². The maximum atomic E-state index is 9.70. The van der Waals surface area contributed by atoms with Gasteiger partial charge in [0.2, 0.25) is 0 Å². The van der Waals surface area contributed by atoms with Gasteiger partial charge in [0, 0.05) is 24.7 Å². The number of hydrogen-bond acceptors (Lipinski definition) is 5. The van der Waals surface area contributed by atoms with Gasteiger partial charge in [0.25, 0.3) is 0 Å². The molecular formula is C15H18N2O3. The van der Waals surface area contributed by atoms with Crippen molar-refractivity contribution in [3.8, 4) is 11.5 Å². The summed E-state index contributed by atoms with van der Waals surface area (Å²) in [5.74, 6) is 2.28. The van der Waals surface area contributed by atoms with E-state index in [1.54, 1.807) is 20.4 Å². The lowest BCUT2D eigenvalue weighted by Gasteiger charge is -2.19. The number of aliphatic hydroxyl groups excluding tert-OH is 1. The van der Waals surface area contributed by atoms with Crippen molar-refractivity contribution in [2.45, 2.75) is 12.5 Å². The summed E-state index contributed by atoms with van der Waals surface area (Å²) in [7, 11) is 3.25. The van der Waals surface area contributed by atoms with Crippen LogP contribution >= 0.6 is 0 Å². The number of ether oxygens (including phenoxy) is 2. The lowest BCUT2D eigenvalue weighted by molar-refractivity contribution is 0.198. The molecule has 1 N–H and O–H groups in total. The Labute approximate surface area is 117 Å². The SMILES string of the molecule is COc1cc2ccnc(N3CC[C@@H](O)C3)c2cc1OC. The molecule has 5 heteroatoms. The summed E-state index contributed by atoms with van der Waals surface area (Å²) in [6.07, 6.45) is 2.30. The lowest BCUT2D eigenvalue weighted by atomic mass is 10.1. The number of aliphatic hydroxyl groups is 1. The second-order valence-corrected chi connectivity index (χ2v) is 4.95. The number of fused-ring (bicyclic) bond motifs is 1. The van der Waals surface area contributed by atoms with Crippen molar-refractivity contribution in [2.24, 2.45) is 0 Å². The zero-order valence-corrected chi connectivity index (χ0v) is 11.7. The highest BCUT2D eigenvalue weighted by atomic mass is 16.5. The van der Waals surface area contributed by atoms with Gasteiger partial charge >= 0.3 is 0 Å². The van der Waals surface area contributed by atoms with Crippen LogP contribution in [0.4, 0.5) is 5.82 Å². The van der Waals surface area contributed by atoms with Crippen molar-refractivity contribution in [1.29, 1.82) is 0 Å². The number of anilines is 1. The molecule has 0 unspecified atom stereocenters. The predicted molar refractivity (Wildman–Crippen MR) is 77.7 cm³/mol. The number of methoxy groups -OCH3 is 2. The van der Waals surface area contributed by atoms with Crippen LogP contribution in [0, 0.1) is 0 Å². The fourth-order valence-electron chi connectivity index (χ4n) is 2.67. The molecule has 1 aliphatic rings. The summed E-state index contributed by atoms with van der Waals surface area (Å²) in [6, 6.07) is 5.85. The van der Waals surface area contributed by atoms with Crippen LogP contribution in [0.15, 0.2) is 24.4 Å². The molecule has 1 saturated heterocycles. The van der Waals surface area contributed by atoms with E-state index in [2.05, 4.69) is 9.88 Å². The molecule has 0 radical (unpaired) electrons. The number of rotatable bonds is 3. The molecule has 3 rings (SSSR count). The summed E-state index contributed by atoms with van der Waals surface area (Å²) in [5, 5.41) is 11.8. The molecule has 0 aliphatic carbocycles. The van der Waals surface area contributed by atoms with Crippen molar-refractivity contribution >= 4 is 16.6 Å². The number of benzene rings is 1. The quantitative estimate of drug-likeness (QED) is 0.925. The third kappa shape index (κ3) is 2.14. The average molecular weight is 274 g/mol. The van der Waals surface area contributed by atoms with Gasteiger partial charge in [-0.2, -0.15) is 0 Å². The fourth-order valence-corrected chi connectivity index (χ4v) is 2.67. The highest BCUT2D eigenvalue weighted by Crippen LogP contribution is 2.36. The third-order valence-corrected chi connectivity index (χ3v) is 3.71. The molecule has 0 bridgehead atoms. The van der Waals surface area contributed by atoms with E-state index in [-0.39, 0.29) is 6.10 Å². The topological polar surface area (TPSA) is 54.8 Å². The van der Waals surface area contributed by atoms with Crippen LogP contribution < -0.4 is 14.4 Å². The van der Waals surface area contributed by atoms with Gasteiger partial charge in [-0.3, -0.25) is 0 Å². The van der Waals surface area contributed by atoms with Gasteiger partial charge in [-0.05, 0) is 30.0 Å². The Balaban J connectivity index is 2.13. The van der Waals surface area contributed by atoms with E-state index in [9.17, 15) is 5.11 Å². The molecule has 1 atom stereocenters. The number of nitrogens with zero attached hydrogens (tertiary/aromatic N) is 2. The van der Waals surface area contributed by atoms with E-state index >= 15 is 0 Å². The van der Waals surface area contributed by atoms with Crippen LogP contribution in [-0.2, 0) is 0 Å². The molecular weight excluding hydrogens is 256 g/mol. The Morgan fingerprint density at radius 3 is 2.65 bits per heavy atom. The van der Waals surface area contributed by atoms with Crippen molar-refractivity contribution < 1.29 is 14.6 Å². The van der Waals surface area contributed by atoms with Gasteiger partial charge in [0.15, 0.2) is 11.5 Å². The first-order valence-corrected chi connectivity index (χ1v) is 6.66. The van der Waals surface area contributed by atoms with Crippen molar-refractivity contribution in [2.75, 3.05) is 32.2 Å². The van der Waals surface area contributed by atoms with E-state index in [1.165, 1.54) is 0 Å². The summed E-state index contributed by atoms with van der Waals surface area (Å²) in [5.41, 5.74) is 0. The molecule has 0 spiro atoms. The largest absolute Gasteiger partial charge is 0.493 e. The van der Waals surface area contributed by atoms with Crippen molar-refractivity contribution in [3.63, 3.8) is 0 Å². The molecule has 1 aliphatic heterocycles. The molecule has 0 amide bonds. The maximum Gasteiger partial charge on any atom is 0.161 e. The van der Waals surface area contributed by atoms with Gasteiger partial charge in [0.1, 0.15) is 5.82 Å². The van der Waals surface area contributed by atoms with Crippen LogP contribution in [-0.4, -0.2) is 43.5 Å². The monoisotopic (exact) mass is 274 g/mol. The van der Waals surface area contributed by atoms with E-state index in [1.807, 2.05) is 18.2 Å². The molecule has 2 aromatic rings. The Morgan fingerprint density at radius 2 is 2.00 bits per heavy atom. The van der Waals surface area contributed by atoms with Gasteiger partial charge in [-0.25, -0.2) is 4.98 Å². The highest BCUT2D eigenvalue weighted by Gasteiger charge is 2.23. The lowest BCUT2D eigenvalue weighted by Crippen LogP contribution is -2.22. The number of β-amino-alcohol motifs (C(OH)–C–C–N with tert-alkyl or cyclic N) is 1. The fraction of sp³-hybridized carbons (Fsp3) is 0.400. The third-order valence-electron chi connectivity index (χ3n) is 3.71. The van der Waals surface area contributed by atoms with E-state index < -0.39 is 0 Å². The smallest absolute Gasteiger partial charge is 0.161 e. The number of aromatic nitrogens is 1.